The third kappa shape index (κ3) is 4.86. The molecule has 5 heteroatoms. The van der Waals surface area contributed by atoms with Crippen LogP contribution in [0.25, 0.3) is 0 Å². The third-order valence-corrected chi connectivity index (χ3v) is 6.76. The van der Waals surface area contributed by atoms with Crippen LogP contribution in [0.3, 0.4) is 0 Å². The molecule has 2 atom stereocenters. The van der Waals surface area contributed by atoms with Crippen molar-refractivity contribution in [3.05, 3.63) is 102 Å². The van der Waals surface area contributed by atoms with Crippen LogP contribution in [-0.2, 0) is 15.4 Å². The SMILES string of the molecule is CC(c1ccccc1)C(NS(=O)(=O)c1ccc(CBr)cc1)c1ccccc1. The zero-order chi connectivity index (χ0) is 19.3. The molecule has 0 saturated heterocycles. The molecule has 0 saturated carbocycles. The van der Waals surface area contributed by atoms with Crippen molar-refractivity contribution in [2.45, 2.75) is 29.1 Å². The summed E-state index contributed by atoms with van der Waals surface area (Å²) in [6.45, 7) is 2.05. The molecule has 3 rings (SSSR count). The lowest BCUT2D eigenvalue weighted by Gasteiger charge is -2.26. The average molecular weight is 444 g/mol. The van der Waals surface area contributed by atoms with Gasteiger partial charge in [0.05, 0.1) is 10.9 Å². The van der Waals surface area contributed by atoms with Crippen LogP contribution in [0.5, 0.6) is 0 Å². The van der Waals surface area contributed by atoms with Gasteiger partial charge >= 0.3 is 0 Å². The molecule has 0 aliphatic heterocycles. The van der Waals surface area contributed by atoms with Crippen LogP contribution in [0.1, 0.15) is 35.6 Å². The van der Waals surface area contributed by atoms with Gasteiger partial charge in [0.25, 0.3) is 0 Å². The van der Waals surface area contributed by atoms with Gasteiger partial charge in [0.15, 0.2) is 0 Å². The molecule has 0 aromatic heterocycles. The molecule has 3 aromatic rings. The van der Waals surface area contributed by atoms with Crippen molar-refractivity contribution < 1.29 is 8.42 Å². The Morgan fingerprint density at radius 3 is 1.85 bits per heavy atom. The maximum Gasteiger partial charge on any atom is 0.241 e. The van der Waals surface area contributed by atoms with Crippen molar-refractivity contribution in [2.75, 3.05) is 0 Å². The summed E-state index contributed by atoms with van der Waals surface area (Å²) in [5.41, 5.74) is 3.06. The minimum atomic E-state index is -3.65. The summed E-state index contributed by atoms with van der Waals surface area (Å²) in [4.78, 5) is 0.272. The van der Waals surface area contributed by atoms with Crippen LogP contribution in [0, 0.1) is 0 Å². The molecular weight excluding hydrogens is 422 g/mol. The maximum absolute atomic E-state index is 13.0. The van der Waals surface area contributed by atoms with Crippen molar-refractivity contribution >= 4 is 26.0 Å². The van der Waals surface area contributed by atoms with E-state index in [0.29, 0.717) is 5.33 Å². The first-order chi connectivity index (χ1) is 13.0. The molecule has 0 aliphatic carbocycles. The molecule has 2 unspecified atom stereocenters. The maximum atomic E-state index is 13.0. The fourth-order valence-corrected chi connectivity index (χ4v) is 4.74. The average Bonchev–Trinajstić information content (AvgIpc) is 2.73. The summed E-state index contributed by atoms with van der Waals surface area (Å²) in [6, 6.07) is 26.2. The summed E-state index contributed by atoms with van der Waals surface area (Å²) in [5.74, 6) is -0.0230. The van der Waals surface area contributed by atoms with Gasteiger partial charge in [-0.2, -0.15) is 0 Å². The normalized spacial score (nSPS) is 13.9. The van der Waals surface area contributed by atoms with Crippen LogP contribution in [0.2, 0.25) is 0 Å². The molecule has 27 heavy (non-hydrogen) atoms. The Kier molecular flexibility index (Phi) is 6.47. The number of hydrogen-bond donors (Lipinski definition) is 1. The zero-order valence-electron chi connectivity index (χ0n) is 15.0. The minimum Gasteiger partial charge on any atom is -0.207 e. The van der Waals surface area contributed by atoms with Gasteiger partial charge in [0, 0.05) is 11.2 Å². The smallest absolute Gasteiger partial charge is 0.207 e. The number of nitrogens with one attached hydrogen (secondary N) is 1. The first-order valence-electron chi connectivity index (χ1n) is 8.78. The quantitative estimate of drug-likeness (QED) is 0.496. The molecule has 140 valence electrons. The minimum absolute atomic E-state index is 0.0230. The van der Waals surface area contributed by atoms with Gasteiger partial charge in [-0.1, -0.05) is 95.7 Å². The lowest BCUT2D eigenvalue weighted by molar-refractivity contribution is 0.516. The van der Waals surface area contributed by atoms with E-state index in [1.165, 1.54) is 0 Å². The lowest BCUT2D eigenvalue weighted by Crippen LogP contribution is -2.32. The van der Waals surface area contributed by atoms with E-state index in [9.17, 15) is 8.42 Å². The Labute approximate surface area is 169 Å². The molecule has 0 amide bonds. The second-order valence-electron chi connectivity index (χ2n) is 6.49. The Bertz CT molecular complexity index is 958. The first-order valence-corrected chi connectivity index (χ1v) is 11.4. The number of halogens is 1. The van der Waals surface area contributed by atoms with Crippen molar-refractivity contribution in [2.24, 2.45) is 0 Å². The molecule has 0 heterocycles. The largest absolute Gasteiger partial charge is 0.241 e. The Hall–Kier alpha value is -1.95. The van der Waals surface area contributed by atoms with Gasteiger partial charge in [-0.25, -0.2) is 13.1 Å². The summed E-state index contributed by atoms with van der Waals surface area (Å²) >= 11 is 3.38. The van der Waals surface area contributed by atoms with Crippen LogP contribution in [-0.4, -0.2) is 8.42 Å². The summed E-state index contributed by atoms with van der Waals surface area (Å²) in [6.07, 6.45) is 0. The predicted molar refractivity (Wildman–Crippen MR) is 113 cm³/mol. The van der Waals surface area contributed by atoms with Gasteiger partial charge < -0.3 is 0 Å². The Balaban J connectivity index is 1.95. The van der Waals surface area contributed by atoms with Gasteiger partial charge in [-0.3, -0.25) is 0 Å². The lowest BCUT2D eigenvalue weighted by atomic mass is 9.89. The van der Waals surface area contributed by atoms with E-state index in [-0.39, 0.29) is 16.9 Å². The highest BCUT2D eigenvalue weighted by Gasteiger charge is 2.26. The van der Waals surface area contributed by atoms with E-state index < -0.39 is 10.0 Å². The molecule has 0 fully saturated rings. The first kappa shape index (κ1) is 19.8. The number of rotatable bonds is 7. The molecule has 0 spiro atoms. The molecule has 0 bridgehead atoms. The van der Waals surface area contributed by atoms with Crippen LogP contribution < -0.4 is 4.72 Å². The van der Waals surface area contributed by atoms with E-state index in [2.05, 4.69) is 20.7 Å². The van der Waals surface area contributed by atoms with Crippen LogP contribution >= 0.6 is 15.9 Å². The molecule has 1 N–H and O–H groups in total. The highest BCUT2D eigenvalue weighted by Crippen LogP contribution is 2.32. The zero-order valence-corrected chi connectivity index (χ0v) is 17.4. The number of hydrogen-bond acceptors (Lipinski definition) is 2. The van der Waals surface area contributed by atoms with Gasteiger partial charge in [0.1, 0.15) is 0 Å². The van der Waals surface area contributed by atoms with E-state index in [0.717, 1.165) is 16.7 Å². The third-order valence-electron chi connectivity index (χ3n) is 4.65. The van der Waals surface area contributed by atoms with E-state index >= 15 is 0 Å². The molecular formula is C22H22BrNO2S. The molecule has 0 radical (unpaired) electrons. The van der Waals surface area contributed by atoms with E-state index in [1.807, 2.05) is 79.7 Å². The number of alkyl halides is 1. The Morgan fingerprint density at radius 2 is 1.33 bits per heavy atom. The van der Waals surface area contributed by atoms with Gasteiger partial charge in [-0.05, 0) is 28.8 Å². The van der Waals surface area contributed by atoms with Crippen molar-refractivity contribution in [3.63, 3.8) is 0 Å². The molecule has 0 aliphatic rings. The Morgan fingerprint density at radius 1 is 0.815 bits per heavy atom. The number of benzene rings is 3. The summed E-state index contributed by atoms with van der Waals surface area (Å²) in [7, 11) is -3.65. The van der Waals surface area contributed by atoms with Crippen molar-refractivity contribution in [3.8, 4) is 0 Å². The van der Waals surface area contributed by atoms with Crippen LogP contribution in [0.15, 0.2) is 89.8 Å². The predicted octanol–water partition coefficient (Wildman–Crippen LogP) is 5.40. The number of sulfonamides is 1. The van der Waals surface area contributed by atoms with Crippen molar-refractivity contribution in [1.29, 1.82) is 0 Å². The van der Waals surface area contributed by atoms with Crippen LogP contribution in [0.4, 0.5) is 0 Å². The topological polar surface area (TPSA) is 46.2 Å². The van der Waals surface area contributed by atoms with Gasteiger partial charge in [-0.15, -0.1) is 0 Å². The fourth-order valence-electron chi connectivity index (χ4n) is 3.06. The standard InChI is InChI=1S/C22H22BrNO2S/c1-17(19-8-4-2-5-9-19)22(20-10-6-3-7-11-20)24-27(25,26)21-14-12-18(16-23)13-15-21/h2-15,17,22,24H,16H2,1H3. The monoisotopic (exact) mass is 443 g/mol. The van der Waals surface area contributed by atoms with E-state index in [4.69, 9.17) is 0 Å². The van der Waals surface area contributed by atoms with Crippen molar-refractivity contribution in [1.82, 2.24) is 4.72 Å². The second-order valence-corrected chi connectivity index (χ2v) is 8.76. The fraction of sp³-hybridized carbons (Fsp3) is 0.182. The summed E-state index contributed by atoms with van der Waals surface area (Å²) < 4.78 is 29.0. The highest BCUT2D eigenvalue weighted by atomic mass is 79.9. The molecule has 3 aromatic carbocycles. The van der Waals surface area contributed by atoms with Gasteiger partial charge in [0.2, 0.25) is 10.0 Å². The summed E-state index contributed by atoms with van der Waals surface area (Å²) in [5, 5.41) is 0.693. The van der Waals surface area contributed by atoms with E-state index in [1.54, 1.807) is 12.1 Å². The molecule has 3 nitrogen and oxygen atoms in total. The highest BCUT2D eigenvalue weighted by molar-refractivity contribution is 9.08. The second kappa shape index (κ2) is 8.83.